The number of rotatable bonds is 51. The van der Waals surface area contributed by atoms with Crippen molar-refractivity contribution in [3.8, 4) is 0 Å². The van der Waals surface area contributed by atoms with Crippen molar-refractivity contribution in [2.45, 2.75) is 226 Å². The Bertz CT molecular complexity index is 3550. The maximum absolute atomic E-state index is 12.8. The van der Waals surface area contributed by atoms with Gasteiger partial charge < -0.3 is 94.9 Å². The molecule has 0 bridgehead atoms. The van der Waals surface area contributed by atoms with E-state index in [0.29, 0.717) is 139 Å². The molecule has 0 spiro atoms. The molecule has 0 aliphatic carbocycles. The second kappa shape index (κ2) is 45.2. The van der Waals surface area contributed by atoms with Crippen molar-refractivity contribution in [1.82, 2.24) is 15.5 Å². The minimum atomic E-state index is -4.62. The third-order valence-corrected chi connectivity index (χ3v) is 21.7. The van der Waals surface area contributed by atoms with Crippen LogP contribution in [0.25, 0.3) is 0 Å². The fraction of sp³-hybridized carbons (Fsp3) is 0.693. The summed E-state index contributed by atoms with van der Waals surface area (Å²) in [6.45, 7) is 15.6. The molecule has 33 heteroatoms. The number of hydrogen-bond acceptors (Lipinski definition) is 25. The number of aliphatic imine (C=N–C) groups is 1. The molecule has 13 N–H and O–H groups in total. The Balaban J connectivity index is 0.867. The Morgan fingerprint density at radius 3 is 1.90 bits per heavy atom. The predicted molar refractivity (Wildman–Crippen MR) is 402 cm³/mol. The number of guanidine groups is 1. The van der Waals surface area contributed by atoms with Gasteiger partial charge in [0.1, 0.15) is 66.9 Å². The number of unbranched alkanes of at least 4 members (excludes halogenated alkanes) is 9. The molecule has 2 fully saturated rings. The summed E-state index contributed by atoms with van der Waals surface area (Å²) in [6.07, 6.45) is 4.91. The monoisotopic (exact) mass is 1570 g/mol. The molecule has 6 rings (SSSR count). The Morgan fingerprint density at radius 2 is 1.23 bits per heavy atom. The highest BCUT2D eigenvalue weighted by Crippen LogP contribution is 2.49. The highest BCUT2D eigenvalue weighted by molar-refractivity contribution is 7.86. The van der Waals surface area contributed by atoms with Crippen LogP contribution in [0.2, 0.25) is 0 Å². The average Bonchev–Trinajstić information content (AvgIpc) is 1.58. The minimum Gasteiger partial charge on any atom is -0.394 e. The zero-order valence-electron chi connectivity index (χ0n) is 63.7. The summed E-state index contributed by atoms with van der Waals surface area (Å²) < 4.78 is 117. The number of amides is 1. The summed E-state index contributed by atoms with van der Waals surface area (Å²) in [6, 6.07) is 8.62. The largest absolute Gasteiger partial charge is 0.394 e. The van der Waals surface area contributed by atoms with Crippen molar-refractivity contribution in [2.24, 2.45) is 10.7 Å². The van der Waals surface area contributed by atoms with Crippen molar-refractivity contribution in [3.63, 3.8) is 0 Å². The van der Waals surface area contributed by atoms with Crippen LogP contribution in [-0.4, -0.2) is 287 Å². The van der Waals surface area contributed by atoms with Gasteiger partial charge >= 0.3 is 0 Å². The van der Waals surface area contributed by atoms with E-state index in [-0.39, 0.29) is 46.5 Å². The molecular formula is C75H120N7O24S2+. The molecule has 4 aliphatic heterocycles. The number of carbonyl (C=O) groups is 3. The van der Waals surface area contributed by atoms with E-state index < -0.39 is 106 Å². The maximum atomic E-state index is 12.8. The van der Waals surface area contributed by atoms with Crippen LogP contribution in [0.5, 0.6) is 0 Å². The van der Waals surface area contributed by atoms with Gasteiger partial charge in [-0.2, -0.15) is 21.4 Å². The van der Waals surface area contributed by atoms with Crippen LogP contribution in [0.4, 0.5) is 11.4 Å². The second-order valence-corrected chi connectivity index (χ2v) is 31.6. The lowest BCUT2D eigenvalue weighted by atomic mass is 9.81. The molecule has 4 heterocycles. The van der Waals surface area contributed by atoms with Crippen molar-refractivity contribution >= 4 is 60.8 Å². The van der Waals surface area contributed by atoms with Crippen LogP contribution >= 0.6 is 0 Å². The van der Waals surface area contributed by atoms with E-state index in [1.54, 1.807) is 25.1 Å². The lowest BCUT2D eigenvalue weighted by molar-refractivity contribution is -0.438. The second-order valence-electron chi connectivity index (χ2n) is 28.7. The zero-order valence-corrected chi connectivity index (χ0v) is 65.3. The van der Waals surface area contributed by atoms with E-state index in [0.717, 1.165) is 82.3 Å². The number of nitrogens with two attached hydrogens (primary N) is 1. The number of allylic oxidation sites excluding steroid dienone is 6. The predicted octanol–water partition coefficient (Wildman–Crippen LogP) is 3.41. The van der Waals surface area contributed by atoms with E-state index in [1.165, 1.54) is 30.3 Å². The molecule has 2 saturated heterocycles. The number of nitrogens with one attached hydrogen (secondary N) is 2. The quantitative estimate of drug-likeness (QED) is 0.0113. The summed E-state index contributed by atoms with van der Waals surface area (Å²) >= 11 is 0. The van der Waals surface area contributed by atoms with Crippen LogP contribution in [0, 0.1) is 0 Å². The summed E-state index contributed by atoms with van der Waals surface area (Å²) in [5, 5.41) is 79.5. The molecule has 1 amide bonds. The van der Waals surface area contributed by atoms with Crippen LogP contribution in [0.15, 0.2) is 87.3 Å². The summed E-state index contributed by atoms with van der Waals surface area (Å²) in [7, 11) is -7.17. The highest BCUT2D eigenvalue weighted by Gasteiger charge is 2.51. The first kappa shape index (κ1) is 91.3. The number of aliphatic hydroxyl groups excluding tert-OH is 7. The number of Topliss-reactive ketones (excluding diaryl/α,β-unsaturated/α-hetero) is 2. The summed E-state index contributed by atoms with van der Waals surface area (Å²) in [4.78, 5) is 44.4. The van der Waals surface area contributed by atoms with Crippen molar-refractivity contribution in [3.05, 3.63) is 83.6 Å². The minimum absolute atomic E-state index is 0.0347. The molecule has 610 valence electrons. The van der Waals surface area contributed by atoms with E-state index in [1.807, 2.05) is 64.8 Å². The molecule has 11 atom stereocenters. The Hall–Kier alpha value is -5.61. The Kier molecular flexibility index (Phi) is 38.2. The Labute approximate surface area is 636 Å². The van der Waals surface area contributed by atoms with Gasteiger partial charge in [0.05, 0.1) is 93.9 Å². The van der Waals surface area contributed by atoms with Crippen LogP contribution in [0.1, 0.15) is 149 Å². The average molecular weight is 1570 g/mol. The molecule has 0 aromatic heterocycles. The van der Waals surface area contributed by atoms with E-state index in [2.05, 4.69) is 25.1 Å². The molecule has 2 aromatic carbocycles. The number of anilines is 1. The van der Waals surface area contributed by atoms with Gasteiger partial charge in [-0.05, 0) is 122 Å². The van der Waals surface area contributed by atoms with Gasteiger partial charge in [0.15, 0.2) is 24.3 Å². The number of ether oxygens (including phenoxy) is 8. The van der Waals surface area contributed by atoms with Crippen molar-refractivity contribution in [1.29, 1.82) is 0 Å². The topological polar surface area (TPSA) is 447 Å². The van der Waals surface area contributed by atoms with Crippen molar-refractivity contribution < 1.29 is 119 Å². The molecule has 4 unspecified atom stereocenters. The van der Waals surface area contributed by atoms with Gasteiger partial charge in [-0.15, -0.1) is 0 Å². The highest BCUT2D eigenvalue weighted by atomic mass is 32.2. The molecule has 0 saturated carbocycles. The first-order valence-electron chi connectivity index (χ1n) is 37.6. The van der Waals surface area contributed by atoms with Crippen LogP contribution in [0.3, 0.4) is 0 Å². The van der Waals surface area contributed by atoms with Gasteiger partial charge in [0, 0.05) is 86.4 Å². The van der Waals surface area contributed by atoms with Gasteiger partial charge in [-0.3, -0.25) is 33.4 Å². The third kappa shape index (κ3) is 27.6. The van der Waals surface area contributed by atoms with Crippen molar-refractivity contribution in [2.75, 3.05) is 124 Å². The molecule has 31 nitrogen and oxygen atoms in total. The van der Waals surface area contributed by atoms with Gasteiger partial charge in [0.25, 0.3) is 20.2 Å². The number of fused-ring (bicyclic) bond motifs is 2. The number of aliphatic hydroxyl groups is 7. The van der Waals surface area contributed by atoms with Gasteiger partial charge in [-0.1, -0.05) is 64.2 Å². The molecule has 0 radical (unpaired) electrons. The Morgan fingerprint density at radius 1 is 0.648 bits per heavy atom. The molecule has 108 heavy (non-hydrogen) atoms. The van der Waals surface area contributed by atoms with E-state index >= 15 is 0 Å². The number of hydrogen-bond donors (Lipinski definition) is 12. The van der Waals surface area contributed by atoms with E-state index in [4.69, 9.17) is 43.6 Å². The third-order valence-electron chi connectivity index (χ3n) is 20.0. The van der Waals surface area contributed by atoms with Crippen LogP contribution in [-0.2, 0) is 83.3 Å². The zero-order chi connectivity index (χ0) is 79.2. The van der Waals surface area contributed by atoms with Crippen LogP contribution < -0.4 is 21.3 Å². The first-order valence-corrected chi connectivity index (χ1v) is 40.5. The van der Waals surface area contributed by atoms with Gasteiger partial charge in [0.2, 0.25) is 11.6 Å². The fourth-order valence-electron chi connectivity index (χ4n) is 13.4. The lowest BCUT2D eigenvalue weighted by Crippen LogP contribution is -2.64. The van der Waals surface area contributed by atoms with Gasteiger partial charge in [-0.25, -0.2) is 0 Å². The number of nitrogens with zero attached hydrogens (tertiary/aromatic N) is 4. The lowest BCUT2D eigenvalue weighted by Gasteiger charge is -2.46. The molecule has 4 aliphatic rings. The number of likely N-dealkylation sites (N-methyl/N-ethyl adjacent to an activating group) is 1. The number of benzene rings is 2. The summed E-state index contributed by atoms with van der Waals surface area (Å²) in [5.74, 6) is 0.756. The fourth-order valence-corrected chi connectivity index (χ4v) is 14.4. The normalized spacial score (nSPS) is 23.7. The van der Waals surface area contributed by atoms with E-state index in [9.17, 15) is 76.1 Å². The number of ketones is 2. The SMILES string of the molecule is CC(=O)[C@@H](C)N(C)CCCCCCNC(N)=NCCCCCCCC(=O)CCOCCOCCOCCOCCNC(=O)CCCCC[N+]1=C(/C=C/C=C/C=C2/N(CCO[C@H]3OC(CO)[C@@H](O[C@@H]4OC(CO)[C@@H](O)[C@H](O)C4O)[C@H](O)C3O)c3ccc(S(=O)(=O)O)cc3C2(C)C)C(C)(C)c2cc(S(=O)(=O)O)ccc21. The molecular weight excluding hydrogens is 1450 g/mol. The smallest absolute Gasteiger partial charge is 0.294 e. The first-order chi connectivity index (χ1) is 51.3. The summed E-state index contributed by atoms with van der Waals surface area (Å²) in [5.41, 5.74) is 8.36. The maximum Gasteiger partial charge on any atom is 0.294 e. The molecule has 2 aromatic rings. The standard InChI is InChI=1S/C75H119N7O24S2/c1-51(52(2)85)80(7)35-21-12-11-20-33-79-73(76)78-32-19-10-8-9-15-23-53(86)31-38-99-41-43-101-45-46-102-44-42-100-39-34-77-64(87)26-18-14-22-36-81-58-29-27-54(107(93,94)95)47-56(58)74(3,4)62(81)24-16-13-17-25-63-75(5,6)57-48-55(108(96,97)98)28-30-59(57)82(63)37-40-103-71-69(92)67(90)70(61(50-84)105-71)106-72-68(91)66(89)65(88)60(49-83)104-72/h13,16-17,24-25,27-30,47-48,51,60-61,65-72,83-84,88-92H,8-12,14-15,18-23,26,31-46,49-50H2,1-7H3,(H5-,76,77,78,79,87,93,94,95,96,97,98)/p+1/t51-,60?,61?,65-,66+,67-,68?,69?,70-,71+,72+/m1/s1. The number of carbonyl (C=O) groups excluding carboxylic acids is 3.